The fraction of sp³-hybridized carbons (Fsp3) is 0.571. The average molecular weight is 249 g/mol. The van der Waals surface area contributed by atoms with Gasteiger partial charge in [0.05, 0.1) is 6.61 Å². The van der Waals surface area contributed by atoms with Crippen LogP contribution in [-0.4, -0.2) is 23.1 Å². The molecular formula is C14H23N3O. The van der Waals surface area contributed by atoms with Crippen LogP contribution in [0.2, 0.25) is 0 Å². The Morgan fingerprint density at radius 1 is 1.39 bits per heavy atom. The summed E-state index contributed by atoms with van der Waals surface area (Å²) < 4.78 is 5.64. The Morgan fingerprint density at radius 2 is 2.22 bits per heavy atom. The fourth-order valence-corrected chi connectivity index (χ4v) is 1.56. The molecule has 0 aliphatic rings. The number of nitrogens with zero attached hydrogens (tertiary/aromatic N) is 2. The van der Waals surface area contributed by atoms with Crippen molar-refractivity contribution in [3.8, 4) is 5.88 Å². The number of nitrogens with one attached hydrogen (secondary N) is 1. The number of unbranched alkanes of at least 4 members (excludes halogenated alkanes) is 1. The van der Waals surface area contributed by atoms with E-state index in [9.17, 15) is 0 Å². The number of anilines is 1. The molecule has 0 unspecified atom stereocenters. The number of hydrogen-bond acceptors (Lipinski definition) is 4. The van der Waals surface area contributed by atoms with E-state index in [1.165, 1.54) is 0 Å². The molecule has 0 amide bonds. The highest BCUT2D eigenvalue weighted by molar-refractivity contribution is 5.38. The van der Waals surface area contributed by atoms with E-state index in [1.807, 2.05) is 19.1 Å². The number of ether oxygens (including phenoxy) is 1. The molecule has 100 valence electrons. The monoisotopic (exact) mass is 249 g/mol. The van der Waals surface area contributed by atoms with Crippen LogP contribution in [-0.2, 0) is 6.42 Å². The molecule has 0 aliphatic carbocycles. The molecule has 1 aromatic heterocycles. The van der Waals surface area contributed by atoms with Crippen LogP contribution in [0.1, 0.15) is 38.9 Å². The van der Waals surface area contributed by atoms with Crippen LogP contribution < -0.4 is 10.1 Å². The van der Waals surface area contributed by atoms with E-state index >= 15 is 0 Å². The normalized spacial score (nSPS) is 10.1. The van der Waals surface area contributed by atoms with Gasteiger partial charge in [-0.2, -0.15) is 4.98 Å². The third-order valence-electron chi connectivity index (χ3n) is 2.38. The molecule has 0 bridgehead atoms. The Hall–Kier alpha value is -1.58. The number of allylic oxidation sites excluding steroid dienone is 1. The van der Waals surface area contributed by atoms with Gasteiger partial charge >= 0.3 is 0 Å². The molecular weight excluding hydrogens is 226 g/mol. The van der Waals surface area contributed by atoms with Gasteiger partial charge in [-0.3, -0.25) is 0 Å². The maximum atomic E-state index is 5.64. The van der Waals surface area contributed by atoms with E-state index in [2.05, 4.69) is 28.8 Å². The van der Waals surface area contributed by atoms with E-state index < -0.39 is 0 Å². The van der Waals surface area contributed by atoms with E-state index in [-0.39, 0.29) is 0 Å². The average Bonchev–Trinajstić information content (AvgIpc) is 2.35. The minimum absolute atomic E-state index is 0.661. The summed E-state index contributed by atoms with van der Waals surface area (Å²) in [6.07, 6.45) is 5.74. The molecule has 0 fully saturated rings. The second-order valence-corrected chi connectivity index (χ2v) is 4.07. The summed E-state index contributed by atoms with van der Waals surface area (Å²) in [6, 6.07) is 1.86. The van der Waals surface area contributed by atoms with Gasteiger partial charge in [-0.25, -0.2) is 4.98 Å². The van der Waals surface area contributed by atoms with Crippen LogP contribution >= 0.6 is 0 Å². The molecule has 0 atom stereocenters. The molecule has 4 heteroatoms. The molecule has 4 nitrogen and oxygen atoms in total. The number of aromatic nitrogens is 2. The van der Waals surface area contributed by atoms with Crippen LogP contribution in [0, 0.1) is 0 Å². The molecule has 1 aromatic rings. The highest BCUT2D eigenvalue weighted by Crippen LogP contribution is 2.14. The van der Waals surface area contributed by atoms with Gasteiger partial charge < -0.3 is 10.1 Å². The van der Waals surface area contributed by atoms with Crippen molar-refractivity contribution in [1.82, 2.24) is 9.97 Å². The molecule has 0 aromatic carbocycles. The van der Waals surface area contributed by atoms with Crippen LogP contribution in [0.4, 0.5) is 5.82 Å². The largest absolute Gasteiger partial charge is 0.478 e. The third kappa shape index (κ3) is 5.17. The highest BCUT2D eigenvalue weighted by atomic mass is 16.5. The summed E-state index contributed by atoms with van der Waals surface area (Å²) in [4.78, 5) is 8.84. The molecule has 0 spiro atoms. The minimum atomic E-state index is 0.661. The van der Waals surface area contributed by atoms with Crippen molar-refractivity contribution in [1.29, 1.82) is 0 Å². The Bertz CT molecular complexity index is 342. The first-order valence-corrected chi connectivity index (χ1v) is 6.65. The maximum absolute atomic E-state index is 5.64. The first kappa shape index (κ1) is 14.5. The summed E-state index contributed by atoms with van der Waals surface area (Å²) in [5.41, 5.74) is 0. The van der Waals surface area contributed by atoms with Crippen LogP contribution in [0.15, 0.2) is 18.7 Å². The van der Waals surface area contributed by atoms with Gasteiger partial charge in [0, 0.05) is 19.0 Å². The van der Waals surface area contributed by atoms with E-state index in [0.29, 0.717) is 12.5 Å². The van der Waals surface area contributed by atoms with Gasteiger partial charge in [-0.1, -0.05) is 13.0 Å². The zero-order valence-corrected chi connectivity index (χ0v) is 11.4. The molecule has 1 heterocycles. The smallest absolute Gasteiger partial charge is 0.218 e. The number of hydrogen-bond donors (Lipinski definition) is 1. The van der Waals surface area contributed by atoms with Crippen molar-refractivity contribution in [2.24, 2.45) is 0 Å². The van der Waals surface area contributed by atoms with Gasteiger partial charge in [0.2, 0.25) is 5.88 Å². The quantitative estimate of drug-likeness (QED) is 0.539. The van der Waals surface area contributed by atoms with Gasteiger partial charge in [0.15, 0.2) is 0 Å². The molecule has 0 saturated heterocycles. The number of aryl methyl sites for hydroxylation is 1. The molecule has 0 saturated carbocycles. The van der Waals surface area contributed by atoms with Crippen molar-refractivity contribution in [2.45, 2.75) is 39.5 Å². The van der Waals surface area contributed by atoms with Crippen molar-refractivity contribution in [3.63, 3.8) is 0 Å². The number of rotatable bonds is 9. The Kier molecular flexibility index (Phi) is 6.84. The van der Waals surface area contributed by atoms with E-state index in [4.69, 9.17) is 4.74 Å². The summed E-state index contributed by atoms with van der Waals surface area (Å²) in [7, 11) is 0. The first-order chi connectivity index (χ1) is 8.80. The SMILES string of the molecule is C=CCCCOc1cc(NCC)nc(CCC)n1. The lowest BCUT2D eigenvalue weighted by Crippen LogP contribution is -2.06. The molecule has 18 heavy (non-hydrogen) atoms. The Labute approximate surface area is 109 Å². The van der Waals surface area contributed by atoms with E-state index in [1.54, 1.807) is 0 Å². The molecule has 1 rings (SSSR count). The van der Waals surface area contributed by atoms with E-state index in [0.717, 1.165) is 43.9 Å². The van der Waals surface area contributed by atoms with Crippen molar-refractivity contribution < 1.29 is 4.74 Å². The van der Waals surface area contributed by atoms with Crippen LogP contribution in [0.5, 0.6) is 5.88 Å². The van der Waals surface area contributed by atoms with Crippen molar-refractivity contribution in [2.75, 3.05) is 18.5 Å². The first-order valence-electron chi connectivity index (χ1n) is 6.65. The summed E-state index contributed by atoms with van der Waals surface area (Å²) in [5, 5.41) is 3.20. The molecule has 0 radical (unpaired) electrons. The minimum Gasteiger partial charge on any atom is -0.478 e. The molecule has 1 N–H and O–H groups in total. The zero-order valence-electron chi connectivity index (χ0n) is 11.4. The predicted octanol–water partition coefficient (Wildman–Crippen LogP) is 3.21. The lowest BCUT2D eigenvalue weighted by Gasteiger charge is -2.09. The van der Waals surface area contributed by atoms with Gasteiger partial charge in [-0.15, -0.1) is 6.58 Å². The Balaban J connectivity index is 2.65. The second-order valence-electron chi connectivity index (χ2n) is 4.07. The van der Waals surface area contributed by atoms with Crippen molar-refractivity contribution >= 4 is 5.82 Å². The summed E-state index contributed by atoms with van der Waals surface area (Å²) in [5.74, 6) is 2.35. The molecule has 0 aliphatic heterocycles. The van der Waals surface area contributed by atoms with Gasteiger partial charge in [-0.05, 0) is 26.2 Å². The van der Waals surface area contributed by atoms with Gasteiger partial charge in [0.25, 0.3) is 0 Å². The van der Waals surface area contributed by atoms with Crippen LogP contribution in [0.25, 0.3) is 0 Å². The van der Waals surface area contributed by atoms with Crippen molar-refractivity contribution in [3.05, 3.63) is 24.5 Å². The topological polar surface area (TPSA) is 47.0 Å². The summed E-state index contributed by atoms with van der Waals surface area (Å²) >= 11 is 0. The zero-order chi connectivity index (χ0) is 13.2. The highest BCUT2D eigenvalue weighted by Gasteiger charge is 2.04. The summed E-state index contributed by atoms with van der Waals surface area (Å²) in [6.45, 7) is 9.37. The Morgan fingerprint density at radius 3 is 2.89 bits per heavy atom. The lowest BCUT2D eigenvalue weighted by molar-refractivity contribution is 0.299. The van der Waals surface area contributed by atoms with Crippen LogP contribution in [0.3, 0.4) is 0 Å². The fourth-order valence-electron chi connectivity index (χ4n) is 1.56. The van der Waals surface area contributed by atoms with Gasteiger partial charge in [0.1, 0.15) is 11.6 Å². The third-order valence-corrected chi connectivity index (χ3v) is 2.38. The lowest BCUT2D eigenvalue weighted by atomic mass is 10.3. The predicted molar refractivity (Wildman–Crippen MR) is 75.1 cm³/mol. The second kappa shape index (κ2) is 8.50. The maximum Gasteiger partial charge on any atom is 0.218 e. The standard InChI is InChI=1S/C14H23N3O/c1-4-7-8-10-18-14-11-13(15-6-3)16-12(17-14)9-5-2/h4,11H,1,5-10H2,2-3H3,(H,15,16,17).